The predicted octanol–water partition coefficient (Wildman–Crippen LogP) is 2.24. The van der Waals surface area contributed by atoms with Crippen molar-refractivity contribution in [2.24, 2.45) is 0 Å². The normalized spacial score (nSPS) is 16.1. The Morgan fingerprint density at radius 2 is 2.13 bits per heavy atom. The third kappa shape index (κ3) is 4.10. The van der Waals surface area contributed by atoms with Crippen LogP contribution in [0.4, 0.5) is 0 Å². The van der Waals surface area contributed by atoms with Crippen LogP contribution >= 0.6 is 11.3 Å². The van der Waals surface area contributed by atoms with Crippen LogP contribution in [0.3, 0.4) is 0 Å². The summed E-state index contributed by atoms with van der Waals surface area (Å²) in [6.07, 6.45) is 2.76. The van der Waals surface area contributed by atoms with Crippen LogP contribution in [0.25, 0.3) is 10.2 Å². The molecule has 3 aromatic heterocycles. The Balaban J connectivity index is 1.51. The van der Waals surface area contributed by atoms with Gasteiger partial charge in [0.25, 0.3) is 5.91 Å². The van der Waals surface area contributed by atoms with Crippen molar-refractivity contribution in [2.75, 3.05) is 20.1 Å². The second-order valence-electron chi connectivity index (χ2n) is 7.83. The summed E-state index contributed by atoms with van der Waals surface area (Å²) in [5.74, 6) is -0.0299. The van der Waals surface area contributed by atoms with Gasteiger partial charge in [-0.25, -0.2) is 9.78 Å². The number of carbonyl (C=O) groups is 2. The monoisotopic (exact) mass is 439 g/mol. The number of pyridine rings is 1. The third-order valence-electron chi connectivity index (χ3n) is 5.78. The van der Waals surface area contributed by atoms with Crippen LogP contribution in [-0.4, -0.2) is 51.4 Å². The highest BCUT2D eigenvalue weighted by molar-refractivity contribution is 7.20. The Bertz CT molecular complexity index is 1220. The number of likely N-dealkylation sites (tertiary alicyclic amines) is 1. The van der Waals surface area contributed by atoms with Gasteiger partial charge in [0.2, 0.25) is 5.91 Å². The number of aromatic nitrogens is 3. The SMILES string of the molecule is CNC(=O)c1sc2ncccc2c1[C@@H]1CCN(C(=O)CCn2c(C)cc(C)nc2=O)C1. The molecular formula is C22H25N5O3S. The van der Waals surface area contributed by atoms with E-state index in [9.17, 15) is 14.4 Å². The molecule has 1 atom stereocenters. The fourth-order valence-corrected chi connectivity index (χ4v) is 5.45. The number of nitrogens with zero attached hydrogens (tertiary/aromatic N) is 4. The van der Waals surface area contributed by atoms with E-state index in [1.165, 1.54) is 11.3 Å². The Morgan fingerprint density at radius 3 is 2.87 bits per heavy atom. The molecule has 0 aromatic carbocycles. The van der Waals surface area contributed by atoms with Gasteiger partial charge in [-0.1, -0.05) is 6.07 Å². The highest BCUT2D eigenvalue weighted by Gasteiger charge is 2.32. The molecular weight excluding hydrogens is 414 g/mol. The molecule has 0 unspecified atom stereocenters. The number of carbonyl (C=O) groups excluding carboxylic acids is 2. The molecule has 3 aromatic rings. The predicted molar refractivity (Wildman–Crippen MR) is 120 cm³/mol. The standard InChI is InChI=1S/C22H25N5O3S/c1-13-11-14(2)27(22(30)25-13)10-7-17(28)26-9-6-15(12-26)18-16-5-4-8-24-21(16)31-19(18)20(29)23-3/h4-5,8,11,15H,6-7,9-10,12H2,1-3H3,(H,23,29)/t15-/m1/s1. The van der Waals surface area contributed by atoms with Gasteiger partial charge < -0.3 is 10.2 Å². The first-order valence-corrected chi connectivity index (χ1v) is 11.1. The van der Waals surface area contributed by atoms with Crippen LogP contribution < -0.4 is 11.0 Å². The van der Waals surface area contributed by atoms with Crippen molar-refractivity contribution in [3.8, 4) is 0 Å². The average Bonchev–Trinajstić information content (AvgIpc) is 3.36. The second-order valence-corrected chi connectivity index (χ2v) is 8.83. The van der Waals surface area contributed by atoms with Crippen molar-refractivity contribution in [3.05, 3.63) is 56.7 Å². The van der Waals surface area contributed by atoms with Crippen LogP contribution in [0.5, 0.6) is 0 Å². The van der Waals surface area contributed by atoms with Crippen molar-refractivity contribution in [1.29, 1.82) is 0 Å². The third-order valence-corrected chi connectivity index (χ3v) is 6.91. The summed E-state index contributed by atoms with van der Waals surface area (Å²) < 4.78 is 1.54. The van der Waals surface area contributed by atoms with E-state index in [-0.39, 0.29) is 29.8 Å². The van der Waals surface area contributed by atoms with Gasteiger partial charge in [0.05, 0.1) is 4.88 Å². The van der Waals surface area contributed by atoms with Gasteiger partial charge in [-0.15, -0.1) is 11.3 Å². The van der Waals surface area contributed by atoms with Gasteiger partial charge in [0.15, 0.2) is 0 Å². The van der Waals surface area contributed by atoms with Crippen molar-refractivity contribution in [2.45, 2.75) is 39.2 Å². The Labute approximate surface area is 183 Å². The van der Waals surface area contributed by atoms with Crippen LogP contribution in [-0.2, 0) is 11.3 Å². The summed E-state index contributed by atoms with van der Waals surface area (Å²) in [4.78, 5) is 49.2. The maximum atomic E-state index is 12.9. The number of amides is 2. The smallest absolute Gasteiger partial charge is 0.347 e. The van der Waals surface area contributed by atoms with Crippen molar-refractivity contribution < 1.29 is 9.59 Å². The van der Waals surface area contributed by atoms with Crippen molar-refractivity contribution >= 4 is 33.4 Å². The van der Waals surface area contributed by atoms with Crippen molar-refractivity contribution in [1.82, 2.24) is 24.8 Å². The average molecular weight is 440 g/mol. The molecule has 1 fully saturated rings. The van der Waals surface area contributed by atoms with E-state index in [0.29, 0.717) is 30.2 Å². The van der Waals surface area contributed by atoms with Gasteiger partial charge in [-0.05, 0) is 38.0 Å². The maximum absolute atomic E-state index is 12.9. The van der Waals surface area contributed by atoms with Gasteiger partial charge in [-0.3, -0.25) is 14.2 Å². The Hall–Kier alpha value is -3.07. The van der Waals surface area contributed by atoms with Gasteiger partial charge in [-0.2, -0.15) is 4.98 Å². The van der Waals surface area contributed by atoms with E-state index in [1.807, 2.05) is 30.0 Å². The summed E-state index contributed by atoms with van der Waals surface area (Å²) in [6.45, 7) is 5.14. The summed E-state index contributed by atoms with van der Waals surface area (Å²) in [5.41, 5.74) is 2.14. The zero-order valence-electron chi connectivity index (χ0n) is 17.8. The number of rotatable bonds is 5. The number of thiophene rings is 1. The van der Waals surface area contributed by atoms with Crippen LogP contribution in [0, 0.1) is 13.8 Å². The summed E-state index contributed by atoms with van der Waals surface area (Å²) in [5, 5.41) is 3.70. The molecule has 2 amide bonds. The molecule has 1 saturated heterocycles. The minimum Gasteiger partial charge on any atom is -0.354 e. The number of hydrogen-bond acceptors (Lipinski definition) is 6. The van der Waals surface area contributed by atoms with E-state index < -0.39 is 0 Å². The molecule has 0 bridgehead atoms. The van der Waals surface area contributed by atoms with E-state index >= 15 is 0 Å². The Morgan fingerprint density at radius 1 is 1.32 bits per heavy atom. The molecule has 0 spiro atoms. The number of aryl methyl sites for hydroxylation is 2. The molecule has 1 N–H and O–H groups in total. The largest absolute Gasteiger partial charge is 0.354 e. The molecule has 9 heteroatoms. The summed E-state index contributed by atoms with van der Waals surface area (Å²) >= 11 is 1.39. The lowest BCUT2D eigenvalue weighted by Crippen LogP contribution is -2.32. The van der Waals surface area contributed by atoms with E-state index in [4.69, 9.17) is 0 Å². The van der Waals surface area contributed by atoms with E-state index in [0.717, 1.165) is 27.9 Å². The zero-order chi connectivity index (χ0) is 22.1. The zero-order valence-corrected chi connectivity index (χ0v) is 18.7. The first-order chi connectivity index (χ1) is 14.9. The van der Waals surface area contributed by atoms with Crippen molar-refractivity contribution in [3.63, 3.8) is 0 Å². The van der Waals surface area contributed by atoms with Gasteiger partial charge in [0.1, 0.15) is 4.83 Å². The first kappa shape index (κ1) is 21.2. The van der Waals surface area contributed by atoms with Crippen LogP contribution in [0.2, 0.25) is 0 Å². The Kier molecular flexibility index (Phi) is 5.86. The number of nitrogens with one attached hydrogen (secondary N) is 1. The second kappa shape index (κ2) is 8.58. The molecule has 4 rings (SSSR count). The molecule has 0 saturated carbocycles. The molecule has 4 heterocycles. The van der Waals surface area contributed by atoms with Gasteiger partial charge >= 0.3 is 5.69 Å². The van der Waals surface area contributed by atoms with Crippen LogP contribution in [0.15, 0.2) is 29.2 Å². The number of hydrogen-bond donors (Lipinski definition) is 1. The fraction of sp³-hybridized carbons (Fsp3) is 0.409. The lowest BCUT2D eigenvalue weighted by molar-refractivity contribution is -0.130. The van der Waals surface area contributed by atoms with Crippen LogP contribution in [0.1, 0.15) is 45.4 Å². The lowest BCUT2D eigenvalue weighted by Gasteiger charge is -2.18. The van der Waals surface area contributed by atoms with E-state index in [2.05, 4.69) is 15.3 Å². The minimum atomic E-state index is -0.322. The molecule has 0 radical (unpaired) electrons. The lowest BCUT2D eigenvalue weighted by atomic mass is 9.95. The molecule has 1 aliphatic heterocycles. The number of fused-ring (bicyclic) bond motifs is 1. The van der Waals surface area contributed by atoms with E-state index in [1.54, 1.807) is 24.7 Å². The molecule has 1 aliphatic rings. The topological polar surface area (TPSA) is 97.2 Å². The fourth-order valence-electron chi connectivity index (χ4n) is 4.27. The quantitative estimate of drug-likeness (QED) is 0.658. The first-order valence-electron chi connectivity index (χ1n) is 10.3. The molecule has 31 heavy (non-hydrogen) atoms. The molecule has 0 aliphatic carbocycles. The molecule has 8 nitrogen and oxygen atoms in total. The highest BCUT2D eigenvalue weighted by atomic mass is 32.1. The molecule has 162 valence electrons. The highest BCUT2D eigenvalue weighted by Crippen LogP contribution is 2.39. The minimum absolute atomic E-state index is 0.00790. The summed E-state index contributed by atoms with van der Waals surface area (Å²) in [7, 11) is 1.62. The summed E-state index contributed by atoms with van der Waals surface area (Å²) in [6, 6.07) is 5.71. The van der Waals surface area contributed by atoms with Gasteiger partial charge in [0, 0.05) is 62.0 Å². The maximum Gasteiger partial charge on any atom is 0.347 e.